The van der Waals surface area contributed by atoms with E-state index in [-0.39, 0.29) is 11.9 Å². The van der Waals surface area contributed by atoms with Crippen molar-refractivity contribution in [3.63, 3.8) is 0 Å². The number of hydrogen-bond acceptors (Lipinski definition) is 4. The number of piperidine rings is 1. The number of thiocarbonyl (C=S) groups is 1. The van der Waals surface area contributed by atoms with Gasteiger partial charge in [0.05, 0.1) is 12.5 Å². The summed E-state index contributed by atoms with van der Waals surface area (Å²) in [4.78, 5) is 13.4. The van der Waals surface area contributed by atoms with Crippen LogP contribution in [0.1, 0.15) is 19.8 Å². The van der Waals surface area contributed by atoms with Crippen LogP contribution >= 0.6 is 12.2 Å². The average molecular weight is 231 g/mol. The Balaban J connectivity index is 2.48. The Bertz CT molecular complexity index is 248. The van der Waals surface area contributed by atoms with E-state index in [9.17, 15) is 4.79 Å². The molecular formula is C9H17N3O2S. The van der Waals surface area contributed by atoms with Crippen LogP contribution in [0.4, 0.5) is 0 Å². The molecule has 0 radical (unpaired) electrons. The maximum atomic E-state index is 11.5. The van der Waals surface area contributed by atoms with Crippen molar-refractivity contribution in [2.24, 2.45) is 11.8 Å². The highest BCUT2D eigenvalue weighted by Gasteiger charge is 2.27. The van der Waals surface area contributed by atoms with Crippen LogP contribution in [0.5, 0.6) is 0 Å². The molecule has 1 aliphatic rings. The molecule has 1 unspecified atom stereocenters. The normalized spacial score (nSPS) is 20.9. The van der Waals surface area contributed by atoms with Gasteiger partial charge in [0.1, 0.15) is 0 Å². The number of likely N-dealkylation sites (tertiary alicyclic amines) is 1. The Morgan fingerprint density at radius 1 is 1.73 bits per heavy atom. The van der Waals surface area contributed by atoms with Gasteiger partial charge in [0.2, 0.25) is 0 Å². The van der Waals surface area contributed by atoms with E-state index < -0.39 is 0 Å². The molecule has 0 saturated carbocycles. The molecule has 1 heterocycles. The second-order valence-corrected chi connectivity index (χ2v) is 3.87. The van der Waals surface area contributed by atoms with Crippen LogP contribution in [-0.2, 0) is 9.53 Å². The quantitative estimate of drug-likeness (QED) is 0.302. The largest absolute Gasteiger partial charge is 0.466 e. The minimum atomic E-state index is -0.137. The SMILES string of the molecule is CCOC(=O)C1CCCN(C(=S)NN)C1. The zero-order chi connectivity index (χ0) is 11.3. The monoisotopic (exact) mass is 231 g/mol. The van der Waals surface area contributed by atoms with Gasteiger partial charge in [0.15, 0.2) is 5.11 Å². The molecule has 0 aromatic heterocycles. The standard InChI is InChI=1S/C9H17N3O2S/c1-2-14-8(13)7-4-3-5-12(6-7)9(15)11-10/h7H,2-6,10H2,1H3,(H,11,15). The van der Waals surface area contributed by atoms with Crippen molar-refractivity contribution >= 4 is 23.3 Å². The summed E-state index contributed by atoms with van der Waals surface area (Å²) in [6.45, 7) is 3.68. The number of hydrogen-bond donors (Lipinski definition) is 2. The van der Waals surface area contributed by atoms with E-state index in [4.69, 9.17) is 22.8 Å². The first-order valence-corrected chi connectivity index (χ1v) is 5.52. The summed E-state index contributed by atoms with van der Waals surface area (Å²) < 4.78 is 4.98. The average Bonchev–Trinajstić information content (AvgIpc) is 2.28. The maximum absolute atomic E-state index is 11.5. The van der Waals surface area contributed by atoms with Crippen LogP contribution in [-0.4, -0.2) is 35.7 Å². The van der Waals surface area contributed by atoms with Gasteiger partial charge >= 0.3 is 5.97 Å². The van der Waals surface area contributed by atoms with E-state index in [1.165, 1.54) is 0 Å². The molecule has 0 amide bonds. The highest BCUT2D eigenvalue weighted by molar-refractivity contribution is 7.80. The lowest BCUT2D eigenvalue weighted by atomic mass is 9.99. The lowest BCUT2D eigenvalue weighted by Crippen LogP contribution is -2.49. The first kappa shape index (κ1) is 12.2. The van der Waals surface area contributed by atoms with E-state index >= 15 is 0 Å². The zero-order valence-corrected chi connectivity index (χ0v) is 9.68. The number of carbonyl (C=O) groups excluding carboxylic acids is 1. The third-order valence-electron chi connectivity index (χ3n) is 2.45. The van der Waals surface area contributed by atoms with Gasteiger partial charge in [-0.3, -0.25) is 4.79 Å². The van der Waals surface area contributed by atoms with Gasteiger partial charge in [-0.05, 0) is 32.0 Å². The second kappa shape index (κ2) is 5.87. The lowest BCUT2D eigenvalue weighted by Gasteiger charge is -2.32. The smallest absolute Gasteiger partial charge is 0.310 e. The molecule has 3 N–H and O–H groups in total. The summed E-state index contributed by atoms with van der Waals surface area (Å²) in [5.41, 5.74) is 2.43. The second-order valence-electron chi connectivity index (χ2n) is 3.49. The third kappa shape index (κ3) is 3.32. The van der Waals surface area contributed by atoms with Gasteiger partial charge in [0.25, 0.3) is 0 Å². The van der Waals surface area contributed by atoms with Crippen LogP contribution in [0, 0.1) is 5.92 Å². The summed E-state index contributed by atoms with van der Waals surface area (Å²) in [5.74, 6) is 5.02. The number of nitrogens with two attached hydrogens (primary N) is 1. The first-order chi connectivity index (χ1) is 7.19. The topological polar surface area (TPSA) is 67.6 Å². The van der Waals surface area contributed by atoms with E-state index in [0.717, 1.165) is 19.4 Å². The molecule has 5 nitrogen and oxygen atoms in total. The minimum Gasteiger partial charge on any atom is -0.466 e. The Kier molecular flexibility index (Phi) is 4.77. The van der Waals surface area contributed by atoms with E-state index in [1.54, 1.807) is 0 Å². The number of esters is 1. The van der Waals surface area contributed by atoms with Gasteiger partial charge in [-0.2, -0.15) is 0 Å². The fraction of sp³-hybridized carbons (Fsp3) is 0.778. The summed E-state index contributed by atoms with van der Waals surface area (Å²) in [6, 6.07) is 0. The van der Waals surface area contributed by atoms with Crippen LogP contribution in [0.3, 0.4) is 0 Å². The highest BCUT2D eigenvalue weighted by Crippen LogP contribution is 2.17. The molecule has 1 atom stereocenters. The Morgan fingerprint density at radius 2 is 2.47 bits per heavy atom. The van der Waals surface area contributed by atoms with Crippen molar-refractivity contribution < 1.29 is 9.53 Å². The van der Waals surface area contributed by atoms with Crippen molar-refractivity contribution in [2.75, 3.05) is 19.7 Å². The van der Waals surface area contributed by atoms with Crippen LogP contribution in [0.25, 0.3) is 0 Å². The van der Waals surface area contributed by atoms with Crippen molar-refractivity contribution in [3.05, 3.63) is 0 Å². The van der Waals surface area contributed by atoms with Gasteiger partial charge in [-0.25, -0.2) is 5.84 Å². The Labute approximate surface area is 94.9 Å². The molecule has 0 aromatic rings. The Morgan fingerprint density at radius 3 is 3.07 bits per heavy atom. The molecule has 1 rings (SSSR count). The molecule has 86 valence electrons. The molecule has 0 bridgehead atoms. The van der Waals surface area contributed by atoms with Gasteiger partial charge in [0, 0.05) is 13.1 Å². The minimum absolute atomic E-state index is 0.0787. The van der Waals surface area contributed by atoms with Crippen LogP contribution in [0.15, 0.2) is 0 Å². The third-order valence-corrected chi connectivity index (χ3v) is 2.83. The number of hydrazine groups is 1. The van der Waals surface area contributed by atoms with Crippen molar-refractivity contribution in [3.8, 4) is 0 Å². The molecule has 0 aromatic carbocycles. The number of carbonyl (C=O) groups is 1. The van der Waals surface area contributed by atoms with Crippen LogP contribution < -0.4 is 11.3 Å². The lowest BCUT2D eigenvalue weighted by molar-refractivity contribution is -0.149. The molecule has 0 spiro atoms. The molecule has 6 heteroatoms. The number of nitrogens with zero attached hydrogens (tertiary/aromatic N) is 1. The van der Waals surface area contributed by atoms with Crippen LogP contribution in [0.2, 0.25) is 0 Å². The highest BCUT2D eigenvalue weighted by atomic mass is 32.1. The maximum Gasteiger partial charge on any atom is 0.310 e. The zero-order valence-electron chi connectivity index (χ0n) is 8.86. The van der Waals surface area contributed by atoms with Crippen molar-refractivity contribution in [1.29, 1.82) is 0 Å². The number of rotatable bonds is 2. The predicted octanol–water partition coefficient (Wildman–Crippen LogP) is 0.00970. The summed E-state index contributed by atoms with van der Waals surface area (Å²) in [7, 11) is 0. The van der Waals surface area contributed by atoms with Crippen molar-refractivity contribution in [1.82, 2.24) is 10.3 Å². The first-order valence-electron chi connectivity index (χ1n) is 5.11. The van der Waals surface area contributed by atoms with Gasteiger partial charge < -0.3 is 15.1 Å². The van der Waals surface area contributed by atoms with E-state index in [2.05, 4.69) is 5.43 Å². The molecular weight excluding hydrogens is 214 g/mol. The molecule has 0 aliphatic carbocycles. The summed E-state index contributed by atoms with van der Waals surface area (Å²) >= 11 is 5.02. The number of ether oxygens (including phenoxy) is 1. The summed E-state index contributed by atoms with van der Waals surface area (Å²) in [5, 5.41) is 0.490. The Hall–Kier alpha value is -0.880. The van der Waals surface area contributed by atoms with Gasteiger partial charge in [-0.1, -0.05) is 0 Å². The molecule has 15 heavy (non-hydrogen) atoms. The fourth-order valence-electron chi connectivity index (χ4n) is 1.71. The fourth-order valence-corrected chi connectivity index (χ4v) is 1.87. The molecule has 1 saturated heterocycles. The predicted molar refractivity (Wildman–Crippen MR) is 60.9 cm³/mol. The number of nitrogens with one attached hydrogen (secondary N) is 1. The van der Waals surface area contributed by atoms with E-state index in [1.807, 2.05) is 11.8 Å². The van der Waals surface area contributed by atoms with Gasteiger partial charge in [-0.15, -0.1) is 0 Å². The molecule has 1 aliphatic heterocycles. The van der Waals surface area contributed by atoms with E-state index in [0.29, 0.717) is 18.3 Å². The summed E-state index contributed by atoms with van der Waals surface area (Å²) in [6.07, 6.45) is 1.80. The van der Waals surface area contributed by atoms with Crippen molar-refractivity contribution in [2.45, 2.75) is 19.8 Å². The molecule has 1 fully saturated rings.